The minimum absolute atomic E-state index is 0.182. The zero-order chi connectivity index (χ0) is 13.5. The average Bonchev–Trinajstić information content (AvgIpc) is 2.25. The number of carbonyl (C=O) groups is 1. The molecule has 0 aliphatic rings. The molecular weight excluding hydrogens is 220 g/mol. The number of hydrogen-bond donors (Lipinski definition) is 1. The minimum atomic E-state index is -0.318. The largest absolute Gasteiger partial charge is 0.466 e. The summed E-state index contributed by atoms with van der Waals surface area (Å²) in [6.07, 6.45) is 3.97. The third kappa shape index (κ3) is 25.6. The van der Waals surface area contributed by atoms with Crippen LogP contribution in [-0.2, 0) is 14.3 Å². The summed E-state index contributed by atoms with van der Waals surface area (Å²) >= 11 is 0. The van der Waals surface area contributed by atoms with E-state index in [9.17, 15) is 4.79 Å². The average molecular weight is 248 g/mol. The van der Waals surface area contributed by atoms with Crippen LogP contribution < -0.4 is 0 Å². The molecule has 0 radical (unpaired) electrons. The van der Waals surface area contributed by atoms with Gasteiger partial charge in [-0.1, -0.05) is 26.7 Å². The highest BCUT2D eigenvalue weighted by atomic mass is 16.5. The van der Waals surface area contributed by atoms with E-state index in [0.29, 0.717) is 13.2 Å². The van der Waals surface area contributed by atoms with Crippen LogP contribution in [0.1, 0.15) is 53.4 Å². The number of aliphatic hydroxyl groups is 1. The van der Waals surface area contributed by atoms with Crippen LogP contribution in [0.4, 0.5) is 0 Å². The number of aliphatic hydroxyl groups excluding tert-OH is 1. The lowest BCUT2D eigenvalue weighted by atomic mass is 10.4. The molecule has 17 heavy (non-hydrogen) atoms. The Labute approximate surface area is 105 Å². The van der Waals surface area contributed by atoms with Crippen molar-refractivity contribution in [2.24, 2.45) is 0 Å². The van der Waals surface area contributed by atoms with E-state index >= 15 is 0 Å². The molecule has 0 fully saturated rings. The summed E-state index contributed by atoms with van der Waals surface area (Å²) in [6, 6.07) is 0. The van der Waals surface area contributed by atoms with Crippen molar-refractivity contribution in [2.75, 3.05) is 19.8 Å². The van der Waals surface area contributed by atoms with Gasteiger partial charge in [0.05, 0.1) is 19.3 Å². The van der Waals surface area contributed by atoms with E-state index in [0.717, 1.165) is 32.3 Å². The van der Waals surface area contributed by atoms with Gasteiger partial charge in [0.1, 0.15) is 0 Å². The molecule has 0 aromatic heterocycles. The maximum Gasteiger partial charge on any atom is 0.302 e. The van der Waals surface area contributed by atoms with Crippen molar-refractivity contribution in [2.45, 2.75) is 59.5 Å². The fraction of sp³-hybridized carbons (Fsp3) is 0.923. The number of hydrogen-bond acceptors (Lipinski definition) is 4. The molecule has 0 aromatic carbocycles. The zero-order valence-electron chi connectivity index (χ0n) is 11.7. The third-order valence-corrected chi connectivity index (χ3v) is 1.80. The highest BCUT2D eigenvalue weighted by Crippen LogP contribution is 1.89. The molecule has 0 aromatic rings. The van der Waals surface area contributed by atoms with E-state index in [1.165, 1.54) is 6.92 Å². The van der Waals surface area contributed by atoms with E-state index in [2.05, 4.69) is 18.6 Å². The number of carbonyl (C=O) groups excluding carboxylic acids is 1. The van der Waals surface area contributed by atoms with Crippen molar-refractivity contribution in [3.05, 3.63) is 0 Å². The topological polar surface area (TPSA) is 55.8 Å². The first kappa shape index (κ1) is 18.7. The molecule has 1 N–H and O–H groups in total. The van der Waals surface area contributed by atoms with Crippen molar-refractivity contribution in [1.29, 1.82) is 0 Å². The van der Waals surface area contributed by atoms with Crippen LogP contribution in [0, 0.1) is 0 Å². The van der Waals surface area contributed by atoms with Crippen molar-refractivity contribution in [1.82, 2.24) is 0 Å². The summed E-state index contributed by atoms with van der Waals surface area (Å²) in [5.41, 5.74) is 0. The smallest absolute Gasteiger partial charge is 0.302 e. The van der Waals surface area contributed by atoms with Gasteiger partial charge in [-0.15, -0.1) is 0 Å². The molecule has 1 atom stereocenters. The van der Waals surface area contributed by atoms with Crippen LogP contribution in [0.2, 0.25) is 0 Å². The second-order valence-electron chi connectivity index (χ2n) is 3.97. The highest BCUT2D eigenvalue weighted by Gasteiger charge is 1.92. The predicted octanol–water partition coefficient (Wildman–Crippen LogP) is 2.53. The van der Waals surface area contributed by atoms with Gasteiger partial charge in [0, 0.05) is 13.5 Å². The van der Waals surface area contributed by atoms with Crippen molar-refractivity contribution in [3.8, 4) is 0 Å². The standard InChI is InChI=1S/C7H16O2.C6H12O2/c1-3-4-5-9-6-7(2)8;1-3-4-5-8-6(2)7/h7-8H,3-6H2,1-2H3;3-5H2,1-2H3. The Hall–Kier alpha value is -0.610. The molecule has 0 saturated heterocycles. The van der Waals surface area contributed by atoms with Gasteiger partial charge in [0.15, 0.2) is 0 Å². The fourth-order valence-electron chi connectivity index (χ4n) is 0.861. The lowest BCUT2D eigenvalue weighted by Gasteiger charge is -2.03. The Morgan fingerprint density at radius 3 is 2.12 bits per heavy atom. The summed E-state index contributed by atoms with van der Waals surface area (Å²) in [6.45, 7) is 9.16. The molecule has 4 nitrogen and oxygen atoms in total. The van der Waals surface area contributed by atoms with E-state index < -0.39 is 0 Å². The SMILES string of the molecule is CCCCOC(C)=O.CCCCOCC(C)O. The molecule has 0 rings (SSSR count). The summed E-state index contributed by atoms with van der Waals surface area (Å²) in [7, 11) is 0. The molecule has 0 aliphatic heterocycles. The van der Waals surface area contributed by atoms with Gasteiger partial charge in [-0.2, -0.15) is 0 Å². The van der Waals surface area contributed by atoms with Crippen LogP contribution in [0.3, 0.4) is 0 Å². The molecule has 0 saturated carbocycles. The van der Waals surface area contributed by atoms with E-state index in [1.807, 2.05) is 0 Å². The minimum Gasteiger partial charge on any atom is -0.466 e. The first-order valence-electron chi connectivity index (χ1n) is 6.43. The molecule has 0 spiro atoms. The molecule has 0 amide bonds. The van der Waals surface area contributed by atoms with Crippen LogP contribution >= 0.6 is 0 Å². The maximum absolute atomic E-state index is 10.1. The second kappa shape index (κ2) is 15.4. The van der Waals surface area contributed by atoms with Crippen LogP contribution in [0.5, 0.6) is 0 Å². The first-order chi connectivity index (χ1) is 8.04. The first-order valence-corrected chi connectivity index (χ1v) is 6.43. The normalized spacial score (nSPS) is 11.4. The molecule has 0 aliphatic carbocycles. The van der Waals surface area contributed by atoms with E-state index in [1.54, 1.807) is 6.92 Å². The molecule has 0 heterocycles. The number of esters is 1. The number of rotatable bonds is 8. The van der Waals surface area contributed by atoms with Crippen molar-refractivity contribution >= 4 is 5.97 Å². The van der Waals surface area contributed by atoms with Gasteiger partial charge < -0.3 is 14.6 Å². The molecular formula is C13H28O4. The Balaban J connectivity index is 0. The fourth-order valence-corrected chi connectivity index (χ4v) is 0.861. The molecule has 104 valence electrons. The van der Waals surface area contributed by atoms with E-state index in [4.69, 9.17) is 9.84 Å². The Kier molecular flexibility index (Phi) is 17.0. The summed E-state index contributed by atoms with van der Waals surface area (Å²) in [5, 5.41) is 8.73. The van der Waals surface area contributed by atoms with Gasteiger partial charge in [0.2, 0.25) is 0 Å². The number of unbranched alkanes of at least 4 members (excludes halogenated alkanes) is 2. The number of ether oxygens (including phenoxy) is 2. The van der Waals surface area contributed by atoms with Gasteiger partial charge in [-0.05, 0) is 19.8 Å². The summed E-state index contributed by atoms with van der Waals surface area (Å²) in [5.74, 6) is -0.182. The molecule has 4 heteroatoms. The Morgan fingerprint density at radius 2 is 1.71 bits per heavy atom. The predicted molar refractivity (Wildman–Crippen MR) is 68.9 cm³/mol. The third-order valence-electron chi connectivity index (χ3n) is 1.80. The second-order valence-corrected chi connectivity index (χ2v) is 3.97. The van der Waals surface area contributed by atoms with Gasteiger partial charge in [-0.3, -0.25) is 4.79 Å². The Bertz CT molecular complexity index is 157. The lowest BCUT2D eigenvalue weighted by Crippen LogP contribution is -2.10. The van der Waals surface area contributed by atoms with Crippen molar-refractivity contribution < 1.29 is 19.4 Å². The van der Waals surface area contributed by atoms with Gasteiger partial charge >= 0.3 is 5.97 Å². The molecule has 1 unspecified atom stereocenters. The van der Waals surface area contributed by atoms with Gasteiger partial charge in [0.25, 0.3) is 0 Å². The van der Waals surface area contributed by atoms with Crippen LogP contribution in [-0.4, -0.2) is 37.0 Å². The van der Waals surface area contributed by atoms with Crippen LogP contribution in [0.25, 0.3) is 0 Å². The monoisotopic (exact) mass is 248 g/mol. The summed E-state index contributed by atoms with van der Waals surface area (Å²) in [4.78, 5) is 10.1. The maximum atomic E-state index is 10.1. The highest BCUT2D eigenvalue weighted by molar-refractivity contribution is 5.65. The van der Waals surface area contributed by atoms with Crippen LogP contribution in [0.15, 0.2) is 0 Å². The van der Waals surface area contributed by atoms with Gasteiger partial charge in [-0.25, -0.2) is 0 Å². The quantitative estimate of drug-likeness (QED) is 0.530. The van der Waals surface area contributed by atoms with Crippen molar-refractivity contribution in [3.63, 3.8) is 0 Å². The van der Waals surface area contributed by atoms with E-state index in [-0.39, 0.29) is 12.1 Å². The zero-order valence-corrected chi connectivity index (χ0v) is 11.7. The molecule has 0 bridgehead atoms. The summed E-state index contributed by atoms with van der Waals surface area (Å²) < 4.78 is 9.73. The lowest BCUT2D eigenvalue weighted by molar-refractivity contribution is -0.141. The Morgan fingerprint density at radius 1 is 1.18 bits per heavy atom.